The van der Waals surface area contributed by atoms with Crippen LogP contribution in [0.2, 0.25) is 0 Å². The summed E-state index contributed by atoms with van der Waals surface area (Å²) in [5.41, 5.74) is 16.4. The van der Waals surface area contributed by atoms with Crippen LogP contribution in [0, 0.1) is 40.0 Å². The molecule has 1 N–H and O–H groups in total. The van der Waals surface area contributed by atoms with E-state index in [9.17, 15) is 0 Å². The summed E-state index contributed by atoms with van der Waals surface area (Å²) >= 11 is 0. The van der Waals surface area contributed by atoms with E-state index in [2.05, 4.69) is 236 Å². The fourth-order valence-corrected chi connectivity index (χ4v) is 8.99. The number of benzene rings is 6. The van der Waals surface area contributed by atoms with E-state index in [1.54, 1.807) is 0 Å². The minimum atomic E-state index is -0.0493. The number of fused-ring (bicyclic) bond motifs is 3. The normalized spacial score (nSPS) is 12.4. The van der Waals surface area contributed by atoms with Gasteiger partial charge in [-0.05, 0) is 129 Å². The van der Waals surface area contributed by atoms with Gasteiger partial charge in [0, 0.05) is 55.7 Å². The first-order valence-corrected chi connectivity index (χ1v) is 23.3. The molecule has 6 aromatic carbocycles. The van der Waals surface area contributed by atoms with Crippen molar-refractivity contribution < 1.29 is 25.8 Å². The van der Waals surface area contributed by atoms with Crippen molar-refractivity contribution in [1.82, 2.24) is 9.55 Å². The maximum atomic E-state index is 6.92. The Morgan fingerprint density at radius 1 is 0.597 bits per heavy atom. The third-order valence-corrected chi connectivity index (χ3v) is 12.8. The van der Waals surface area contributed by atoms with E-state index >= 15 is 0 Å². The van der Waals surface area contributed by atoms with Gasteiger partial charge < -0.3 is 19.5 Å². The summed E-state index contributed by atoms with van der Waals surface area (Å²) in [5, 5.41) is 6.05. The van der Waals surface area contributed by atoms with Crippen molar-refractivity contribution in [3.05, 3.63) is 174 Å². The molecule has 0 saturated carbocycles. The van der Waals surface area contributed by atoms with E-state index in [1.165, 1.54) is 38.9 Å². The molecule has 8 rings (SSSR count). The molecule has 0 radical (unpaired) electrons. The fraction of sp³-hybridized carbons (Fsp3) is 0.311. The zero-order chi connectivity index (χ0) is 47.7. The molecule has 0 fully saturated rings. The topological polar surface area (TPSA) is 42.3 Å². The van der Waals surface area contributed by atoms with Gasteiger partial charge in [0.1, 0.15) is 5.82 Å². The Morgan fingerprint density at radius 2 is 1.21 bits per heavy atom. The summed E-state index contributed by atoms with van der Waals surface area (Å²) in [6.45, 7) is 33.6. The van der Waals surface area contributed by atoms with Crippen LogP contribution in [0.5, 0.6) is 11.5 Å². The Morgan fingerprint density at radius 3 is 1.84 bits per heavy atom. The number of nitrogens with zero attached hydrogens (tertiary/aromatic N) is 3. The molecule has 350 valence electrons. The number of hydrogen-bond donors (Lipinski definition) is 1. The molecule has 0 aliphatic rings. The molecule has 67 heavy (non-hydrogen) atoms. The van der Waals surface area contributed by atoms with Crippen LogP contribution in [0.15, 0.2) is 115 Å². The molecule has 6 heteroatoms. The predicted molar refractivity (Wildman–Crippen MR) is 281 cm³/mol. The van der Waals surface area contributed by atoms with Crippen LogP contribution < -0.4 is 15.0 Å². The number of para-hydroxylation sites is 2. The fourth-order valence-electron chi connectivity index (χ4n) is 8.99. The summed E-state index contributed by atoms with van der Waals surface area (Å²) in [5.74, 6) is 1.99. The van der Waals surface area contributed by atoms with E-state index in [4.69, 9.17) is 9.72 Å². The summed E-state index contributed by atoms with van der Waals surface area (Å²) in [6, 6.07) is 46.6. The Bertz CT molecular complexity index is 3070. The van der Waals surface area contributed by atoms with Crippen molar-refractivity contribution in [2.75, 3.05) is 10.2 Å². The quantitative estimate of drug-likeness (QED) is 0.154. The third kappa shape index (κ3) is 10.3. The van der Waals surface area contributed by atoms with Crippen LogP contribution in [0.4, 0.5) is 22.7 Å². The number of rotatable bonds is 8. The maximum absolute atomic E-state index is 6.92. The average molecular weight is 1070 g/mol. The smallest absolute Gasteiger partial charge is 0.135 e. The van der Waals surface area contributed by atoms with Crippen molar-refractivity contribution >= 4 is 44.6 Å². The number of nitrogens with one attached hydrogen (secondary N) is 1. The van der Waals surface area contributed by atoms with Gasteiger partial charge in [-0.15, -0.1) is 47.0 Å². The largest absolute Gasteiger partial charge is 0.515 e. The van der Waals surface area contributed by atoms with Crippen LogP contribution in [0.25, 0.3) is 38.8 Å². The predicted octanol–water partition coefficient (Wildman–Crippen LogP) is 17.0. The van der Waals surface area contributed by atoms with Crippen molar-refractivity contribution in [3.63, 3.8) is 0 Å². The Labute approximate surface area is 415 Å². The molecule has 8 aromatic rings. The van der Waals surface area contributed by atoms with Gasteiger partial charge in [0.2, 0.25) is 0 Å². The summed E-state index contributed by atoms with van der Waals surface area (Å²) in [7, 11) is 4.68. The molecule has 2 heterocycles. The molecule has 0 bridgehead atoms. The molecule has 0 aliphatic heterocycles. The molecule has 0 atom stereocenters. The van der Waals surface area contributed by atoms with Gasteiger partial charge in [-0.1, -0.05) is 137 Å². The van der Waals surface area contributed by atoms with Crippen LogP contribution in [-0.2, 0) is 42.7 Å². The second kappa shape index (κ2) is 18.1. The van der Waals surface area contributed by atoms with Gasteiger partial charge in [0.25, 0.3) is 0 Å². The first kappa shape index (κ1) is 49.3. The summed E-state index contributed by atoms with van der Waals surface area (Å²) in [4.78, 5) is 6.91. The number of ether oxygens (including phenoxy) is 1. The minimum Gasteiger partial charge on any atom is -0.515 e. The first-order chi connectivity index (χ1) is 30.8. The summed E-state index contributed by atoms with van der Waals surface area (Å²) in [6.07, 6.45) is 1.92. The average Bonchev–Trinajstić information content (AvgIpc) is 3.55. The number of hydrogen-bond acceptors (Lipinski definition) is 4. The van der Waals surface area contributed by atoms with E-state index in [0.717, 1.165) is 61.5 Å². The zero-order valence-corrected chi connectivity index (χ0v) is 44.5. The van der Waals surface area contributed by atoms with Gasteiger partial charge in [-0.2, -0.15) is 6.07 Å². The standard InChI is InChI=1S/C61H67N4O.Pt/c1-38-27-39(2)57(40(3)28-38)41-29-47(64(16)54-20-18-17-19-52(54)63-46-32-44(60(10,11)12)31-45(33-46)61(13,14)15)36-49(30-41)66-48-22-23-50-51-34-42(58(4,5)6)21-24-53(51)65(55(50)37-48)56-35-43(25-26-62-56)59(7,8)9;/h17-35,63H,16H2,1-15H3;/q-3;. The van der Waals surface area contributed by atoms with Gasteiger partial charge in [-0.3, -0.25) is 7.05 Å². The molecule has 2 aromatic heterocycles. The van der Waals surface area contributed by atoms with E-state index in [-0.39, 0.29) is 42.7 Å². The molecule has 0 spiro atoms. The van der Waals surface area contributed by atoms with Crippen LogP contribution in [-0.4, -0.2) is 9.55 Å². The molecule has 0 saturated heterocycles. The summed E-state index contributed by atoms with van der Waals surface area (Å²) < 4.78 is 9.15. The zero-order valence-electron chi connectivity index (χ0n) is 42.2. The van der Waals surface area contributed by atoms with Gasteiger partial charge in [0.15, 0.2) is 0 Å². The van der Waals surface area contributed by atoms with E-state index in [0.29, 0.717) is 11.5 Å². The maximum Gasteiger partial charge on any atom is 0.135 e. The number of anilines is 4. The van der Waals surface area contributed by atoms with Gasteiger partial charge in [-0.25, -0.2) is 4.98 Å². The van der Waals surface area contributed by atoms with Crippen molar-refractivity contribution in [1.29, 1.82) is 0 Å². The molecule has 0 unspecified atom stereocenters. The Kier molecular flexibility index (Phi) is 13.3. The second-order valence-corrected chi connectivity index (χ2v) is 22.4. The van der Waals surface area contributed by atoms with Gasteiger partial charge >= 0.3 is 0 Å². The van der Waals surface area contributed by atoms with Crippen molar-refractivity contribution in [2.24, 2.45) is 0 Å². The number of aryl methyl sites for hydroxylation is 3. The van der Waals surface area contributed by atoms with Crippen molar-refractivity contribution in [2.45, 2.75) is 126 Å². The first-order valence-electron chi connectivity index (χ1n) is 23.3. The Balaban J connectivity index is 0.00000666. The molecular weight excluding hydrogens is 1000 g/mol. The molecule has 0 aliphatic carbocycles. The van der Waals surface area contributed by atoms with Crippen LogP contribution in [0.1, 0.15) is 122 Å². The third-order valence-electron chi connectivity index (χ3n) is 12.8. The van der Waals surface area contributed by atoms with Gasteiger partial charge in [0.05, 0.1) is 5.69 Å². The van der Waals surface area contributed by atoms with Crippen LogP contribution in [0.3, 0.4) is 0 Å². The monoisotopic (exact) mass is 1070 g/mol. The molecule has 5 nitrogen and oxygen atoms in total. The minimum absolute atomic E-state index is 0. The SMILES string of the molecule is [CH2-]N(c1[c-]c(Oc2[c-]c3c(cc2)c2cc(C(C)(C)C)ccc2n3-c2cc(C(C)(C)C)ccn2)cc(-c2c(C)cc(C)cc2C)c1)c1ccccc1Nc1cc(C(C)(C)C)cc(C(C)(C)C)c1.[Pt]. The second-order valence-electron chi connectivity index (χ2n) is 22.4. The van der Waals surface area contributed by atoms with Crippen molar-refractivity contribution in [3.8, 4) is 28.4 Å². The Hall–Kier alpha value is -5.64. The van der Waals surface area contributed by atoms with E-state index < -0.39 is 0 Å². The number of aromatic nitrogens is 2. The van der Waals surface area contributed by atoms with Crippen LogP contribution >= 0.6 is 0 Å². The molecule has 0 amide bonds. The van der Waals surface area contributed by atoms with E-state index in [1.807, 2.05) is 17.2 Å². The molecular formula is C61H67N4OPt-3. The number of pyridine rings is 1.